The van der Waals surface area contributed by atoms with Crippen LogP contribution in [0.25, 0.3) is 0 Å². The number of hydrogen-bond acceptors (Lipinski definition) is 2. The molecule has 0 N–H and O–H groups in total. The molecule has 0 saturated heterocycles. The van der Waals surface area contributed by atoms with Gasteiger partial charge < -0.3 is 4.90 Å². The third-order valence-corrected chi connectivity index (χ3v) is 5.67. The van der Waals surface area contributed by atoms with Crippen molar-refractivity contribution in [3.63, 3.8) is 0 Å². The van der Waals surface area contributed by atoms with Gasteiger partial charge in [0.1, 0.15) is 0 Å². The lowest BCUT2D eigenvalue weighted by molar-refractivity contribution is -0.125. The van der Waals surface area contributed by atoms with Crippen LogP contribution in [0.3, 0.4) is 0 Å². The smallest absolute Gasteiger partial charge is 0.154 e. The molecule has 2 rings (SSSR count). The van der Waals surface area contributed by atoms with E-state index in [0.717, 1.165) is 13.0 Å². The van der Waals surface area contributed by atoms with E-state index in [1.165, 1.54) is 37.7 Å². The second-order valence-electron chi connectivity index (χ2n) is 6.78. The first-order chi connectivity index (χ1) is 10.6. The molecule has 0 spiro atoms. The summed E-state index contributed by atoms with van der Waals surface area (Å²) in [5, 5.41) is 0.450. The Morgan fingerprint density at radius 2 is 1.82 bits per heavy atom. The SMILES string of the molecule is CN(C)CCC(C(=O)CBr)(c1ccccc1)C1CCCCC1. The maximum Gasteiger partial charge on any atom is 0.154 e. The fourth-order valence-corrected chi connectivity index (χ4v) is 4.46. The van der Waals surface area contributed by atoms with E-state index >= 15 is 0 Å². The number of rotatable bonds is 7. The molecule has 1 saturated carbocycles. The highest BCUT2D eigenvalue weighted by molar-refractivity contribution is 9.09. The van der Waals surface area contributed by atoms with E-state index in [9.17, 15) is 4.79 Å². The van der Waals surface area contributed by atoms with E-state index in [4.69, 9.17) is 0 Å². The quantitative estimate of drug-likeness (QED) is 0.666. The van der Waals surface area contributed by atoms with Crippen molar-refractivity contribution in [1.82, 2.24) is 4.90 Å². The molecule has 3 heteroatoms. The van der Waals surface area contributed by atoms with Crippen LogP contribution in [-0.4, -0.2) is 36.7 Å². The fourth-order valence-electron chi connectivity index (χ4n) is 3.96. The number of ketones is 1. The molecule has 2 nitrogen and oxygen atoms in total. The molecule has 0 amide bonds. The molecule has 1 atom stereocenters. The van der Waals surface area contributed by atoms with Gasteiger partial charge in [0.15, 0.2) is 5.78 Å². The van der Waals surface area contributed by atoms with Gasteiger partial charge in [-0.05, 0) is 51.4 Å². The van der Waals surface area contributed by atoms with E-state index in [1.54, 1.807) is 0 Å². The number of carbonyl (C=O) groups excluding carboxylic acids is 1. The van der Waals surface area contributed by atoms with E-state index in [1.807, 2.05) is 6.07 Å². The Bertz CT molecular complexity index is 468. The Labute approximate surface area is 143 Å². The first-order valence-corrected chi connectivity index (χ1v) is 9.53. The number of nitrogens with zero attached hydrogens (tertiary/aromatic N) is 1. The van der Waals surface area contributed by atoms with Gasteiger partial charge in [-0.1, -0.05) is 65.5 Å². The predicted octanol–water partition coefficient (Wildman–Crippen LogP) is 4.42. The molecular weight excluding hydrogens is 338 g/mol. The van der Waals surface area contributed by atoms with Crippen LogP contribution in [0.15, 0.2) is 30.3 Å². The van der Waals surface area contributed by atoms with Crippen molar-refractivity contribution < 1.29 is 4.79 Å². The Morgan fingerprint density at radius 1 is 1.18 bits per heavy atom. The standard InChI is InChI=1S/C19H28BrNO/c1-21(2)14-13-19(18(22)15-20,16-9-5-3-6-10-16)17-11-7-4-8-12-17/h3,5-6,9-10,17H,4,7-8,11-15H2,1-2H3. The number of benzene rings is 1. The van der Waals surface area contributed by atoms with Gasteiger partial charge in [0.25, 0.3) is 0 Å². The van der Waals surface area contributed by atoms with Crippen LogP contribution in [0.2, 0.25) is 0 Å². The van der Waals surface area contributed by atoms with Gasteiger partial charge in [0.2, 0.25) is 0 Å². The average molecular weight is 366 g/mol. The lowest BCUT2D eigenvalue weighted by Crippen LogP contribution is -2.46. The highest BCUT2D eigenvalue weighted by atomic mass is 79.9. The van der Waals surface area contributed by atoms with Crippen LogP contribution >= 0.6 is 15.9 Å². The van der Waals surface area contributed by atoms with Gasteiger partial charge in [0, 0.05) is 0 Å². The lowest BCUT2D eigenvalue weighted by Gasteiger charge is -2.42. The summed E-state index contributed by atoms with van der Waals surface area (Å²) in [7, 11) is 4.18. The average Bonchev–Trinajstić information content (AvgIpc) is 2.57. The molecule has 0 heterocycles. The summed E-state index contributed by atoms with van der Waals surface area (Å²) in [5.74, 6) is 0.834. The van der Waals surface area contributed by atoms with Crippen LogP contribution < -0.4 is 0 Å². The molecule has 0 aromatic heterocycles. The zero-order valence-corrected chi connectivity index (χ0v) is 15.4. The summed E-state index contributed by atoms with van der Waals surface area (Å²) in [4.78, 5) is 15.3. The summed E-state index contributed by atoms with van der Waals surface area (Å²) >= 11 is 3.46. The Morgan fingerprint density at radius 3 is 2.36 bits per heavy atom. The third kappa shape index (κ3) is 3.80. The summed E-state index contributed by atoms with van der Waals surface area (Å²) in [6, 6.07) is 10.5. The van der Waals surface area contributed by atoms with Crippen molar-refractivity contribution >= 4 is 21.7 Å². The highest BCUT2D eigenvalue weighted by Crippen LogP contribution is 2.44. The van der Waals surface area contributed by atoms with Gasteiger partial charge in [-0.3, -0.25) is 4.79 Å². The molecule has 1 aromatic carbocycles. The van der Waals surface area contributed by atoms with Gasteiger partial charge >= 0.3 is 0 Å². The number of hydrogen-bond donors (Lipinski definition) is 0. The molecule has 22 heavy (non-hydrogen) atoms. The minimum Gasteiger partial charge on any atom is -0.309 e. The highest BCUT2D eigenvalue weighted by Gasteiger charge is 2.45. The molecule has 0 aliphatic heterocycles. The molecular formula is C19H28BrNO. The number of carbonyl (C=O) groups is 1. The molecule has 1 aromatic rings. The Hall–Kier alpha value is -0.670. The second kappa shape index (κ2) is 8.26. The normalized spacial score (nSPS) is 19.1. The van der Waals surface area contributed by atoms with E-state index < -0.39 is 0 Å². The van der Waals surface area contributed by atoms with Crippen LogP contribution in [0.1, 0.15) is 44.1 Å². The second-order valence-corrected chi connectivity index (χ2v) is 7.34. The van der Waals surface area contributed by atoms with Crippen molar-refractivity contribution in [1.29, 1.82) is 0 Å². The van der Waals surface area contributed by atoms with E-state index in [0.29, 0.717) is 17.0 Å². The monoisotopic (exact) mass is 365 g/mol. The molecule has 1 aliphatic carbocycles. The number of halogens is 1. The molecule has 1 aliphatic rings. The van der Waals surface area contributed by atoms with Crippen LogP contribution in [0, 0.1) is 5.92 Å². The Balaban J connectivity index is 2.44. The van der Waals surface area contributed by atoms with Crippen molar-refractivity contribution in [2.45, 2.75) is 43.9 Å². The maximum atomic E-state index is 13.1. The summed E-state index contributed by atoms with van der Waals surface area (Å²) in [5.41, 5.74) is 0.892. The first kappa shape index (κ1) is 17.7. The zero-order chi connectivity index (χ0) is 16.0. The fraction of sp³-hybridized carbons (Fsp3) is 0.632. The largest absolute Gasteiger partial charge is 0.309 e. The Kier molecular flexibility index (Phi) is 6.64. The van der Waals surface area contributed by atoms with Gasteiger partial charge in [-0.2, -0.15) is 0 Å². The molecule has 0 radical (unpaired) electrons. The molecule has 1 unspecified atom stereocenters. The van der Waals surface area contributed by atoms with Gasteiger partial charge in [0.05, 0.1) is 10.7 Å². The molecule has 122 valence electrons. The first-order valence-electron chi connectivity index (χ1n) is 8.41. The van der Waals surface area contributed by atoms with Crippen molar-refractivity contribution in [2.24, 2.45) is 5.92 Å². The van der Waals surface area contributed by atoms with E-state index in [-0.39, 0.29) is 5.41 Å². The number of alkyl halides is 1. The van der Waals surface area contributed by atoms with Crippen molar-refractivity contribution in [3.05, 3.63) is 35.9 Å². The lowest BCUT2D eigenvalue weighted by atomic mass is 9.61. The topological polar surface area (TPSA) is 20.3 Å². The minimum absolute atomic E-state index is 0.324. The van der Waals surface area contributed by atoms with Gasteiger partial charge in [-0.15, -0.1) is 0 Å². The van der Waals surface area contributed by atoms with Crippen LogP contribution in [-0.2, 0) is 10.2 Å². The van der Waals surface area contributed by atoms with Crippen molar-refractivity contribution in [3.8, 4) is 0 Å². The third-order valence-electron chi connectivity index (χ3n) is 5.16. The van der Waals surface area contributed by atoms with Gasteiger partial charge in [-0.25, -0.2) is 0 Å². The number of Topliss-reactive ketones (excluding diaryl/α,β-unsaturated/α-hetero) is 1. The summed E-state index contributed by atoms with van der Waals surface area (Å²) in [6.07, 6.45) is 7.12. The maximum absolute atomic E-state index is 13.1. The predicted molar refractivity (Wildman–Crippen MR) is 96.7 cm³/mol. The molecule has 0 bridgehead atoms. The van der Waals surface area contributed by atoms with E-state index in [2.05, 4.69) is 59.2 Å². The summed E-state index contributed by atoms with van der Waals surface area (Å²) in [6.45, 7) is 0.949. The minimum atomic E-state index is -0.324. The summed E-state index contributed by atoms with van der Waals surface area (Å²) < 4.78 is 0. The molecule has 1 fully saturated rings. The van der Waals surface area contributed by atoms with Crippen LogP contribution in [0.5, 0.6) is 0 Å². The van der Waals surface area contributed by atoms with Crippen LogP contribution in [0.4, 0.5) is 0 Å². The van der Waals surface area contributed by atoms with Crippen molar-refractivity contribution in [2.75, 3.05) is 26.0 Å². The zero-order valence-electron chi connectivity index (χ0n) is 13.9.